The van der Waals surface area contributed by atoms with Gasteiger partial charge in [-0.05, 0) is 70.2 Å². The van der Waals surface area contributed by atoms with Crippen LogP contribution in [0.1, 0.15) is 54.9 Å². The van der Waals surface area contributed by atoms with Crippen molar-refractivity contribution < 1.29 is 5.11 Å². The summed E-state index contributed by atoms with van der Waals surface area (Å²) in [5.41, 5.74) is 5.64. The number of nitrogens with zero attached hydrogens (tertiary/aromatic N) is 1. The molecule has 2 nitrogen and oxygen atoms in total. The third-order valence-electron chi connectivity index (χ3n) is 4.56. The molecule has 0 aromatic heterocycles. The molecular weight excluding hydrogens is 246 g/mol. The number of aryl methyl sites for hydroxylation is 3. The molecule has 0 bridgehead atoms. The SMILES string of the molecule is Cc1cc(C)c(CN2CCCCC2CC(C)O)c(C)c1. The van der Waals surface area contributed by atoms with E-state index in [4.69, 9.17) is 0 Å². The van der Waals surface area contributed by atoms with Gasteiger partial charge < -0.3 is 5.11 Å². The number of likely N-dealkylation sites (tertiary alicyclic amines) is 1. The summed E-state index contributed by atoms with van der Waals surface area (Å²) in [4.78, 5) is 2.58. The van der Waals surface area contributed by atoms with Crippen LogP contribution in [-0.4, -0.2) is 28.7 Å². The molecule has 1 aliphatic rings. The number of hydrogen-bond donors (Lipinski definition) is 1. The Morgan fingerprint density at radius 2 is 1.85 bits per heavy atom. The third kappa shape index (κ3) is 3.83. The normalized spacial score (nSPS) is 21.9. The molecule has 0 saturated carbocycles. The molecule has 1 fully saturated rings. The summed E-state index contributed by atoms with van der Waals surface area (Å²) >= 11 is 0. The Bertz CT molecular complexity index is 430. The van der Waals surface area contributed by atoms with E-state index in [0.717, 1.165) is 13.0 Å². The summed E-state index contributed by atoms with van der Waals surface area (Å²) in [5.74, 6) is 0. The van der Waals surface area contributed by atoms with Crippen LogP contribution in [-0.2, 0) is 6.54 Å². The molecule has 1 N–H and O–H groups in total. The molecule has 2 atom stereocenters. The van der Waals surface area contributed by atoms with Gasteiger partial charge in [0.2, 0.25) is 0 Å². The van der Waals surface area contributed by atoms with Crippen LogP contribution in [0.5, 0.6) is 0 Å². The van der Waals surface area contributed by atoms with E-state index in [9.17, 15) is 5.11 Å². The molecule has 0 aliphatic carbocycles. The van der Waals surface area contributed by atoms with Crippen molar-refractivity contribution in [3.8, 4) is 0 Å². The Labute approximate surface area is 123 Å². The standard InChI is InChI=1S/C18H29NO/c1-13-9-14(2)18(15(3)10-13)12-19-8-6-5-7-17(19)11-16(4)20/h9-10,16-17,20H,5-8,11-12H2,1-4H3. The number of benzene rings is 1. The van der Waals surface area contributed by atoms with Crippen molar-refractivity contribution in [1.29, 1.82) is 0 Å². The van der Waals surface area contributed by atoms with Gasteiger partial charge in [-0.25, -0.2) is 0 Å². The Morgan fingerprint density at radius 1 is 1.20 bits per heavy atom. The van der Waals surface area contributed by atoms with E-state index in [-0.39, 0.29) is 6.10 Å². The Balaban J connectivity index is 2.14. The average Bonchev–Trinajstić information content (AvgIpc) is 2.34. The van der Waals surface area contributed by atoms with Crippen LogP contribution >= 0.6 is 0 Å². The van der Waals surface area contributed by atoms with Crippen LogP contribution < -0.4 is 0 Å². The highest BCUT2D eigenvalue weighted by Gasteiger charge is 2.24. The van der Waals surface area contributed by atoms with Gasteiger partial charge in [0.25, 0.3) is 0 Å². The number of aliphatic hydroxyl groups excluding tert-OH is 1. The molecule has 2 heteroatoms. The fraction of sp³-hybridized carbons (Fsp3) is 0.667. The van der Waals surface area contributed by atoms with Gasteiger partial charge in [0, 0.05) is 12.6 Å². The quantitative estimate of drug-likeness (QED) is 0.905. The minimum absolute atomic E-state index is 0.194. The largest absolute Gasteiger partial charge is 0.393 e. The van der Waals surface area contributed by atoms with Crippen molar-refractivity contribution in [3.05, 3.63) is 34.4 Å². The number of aliphatic hydroxyl groups is 1. The van der Waals surface area contributed by atoms with Crippen molar-refractivity contribution in [2.75, 3.05) is 6.54 Å². The molecule has 1 aromatic rings. The van der Waals surface area contributed by atoms with E-state index < -0.39 is 0 Å². The van der Waals surface area contributed by atoms with Crippen molar-refractivity contribution in [1.82, 2.24) is 4.90 Å². The molecule has 1 aromatic carbocycles. The zero-order valence-corrected chi connectivity index (χ0v) is 13.4. The highest BCUT2D eigenvalue weighted by molar-refractivity contribution is 5.37. The van der Waals surface area contributed by atoms with Gasteiger partial charge >= 0.3 is 0 Å². The summed E-state index contributed by atoms with van der Waals surface area (Å²) in [6.45, 7) is 10.7. The lowest BCUT2D eigenvalue weighted by atomic mass is 9.94. The lowest BCUT2D eigenvalue weighted by molar-refractivity contribution is 0.0815. The summed E-state index contributed by atoms with van der Waals surface area (Å²) in [6, 6.07) is 5.12. The number of rotatable bonds is 4. The maximum Gasteiger partial charge on any atom is 0.0527 e. The second kappa shape index (κ2) is 6.73. The lowest BCUT2D eigenvalue weighted by Crippen LogP contribution is -2.40. The van der Waals surface area contributed by atoms with Crippen LogP contribution in [0.15, 0.2) is 12.1 Å². The van der Waals surface area contributed by atoms with Gasteiger partial charge in [0.15, 0.2) is 0 Å². The van der Waals surface area contributed by atoms with Crippen molar-refractivity contribution >= 4 is 0 Å². The molecule has 1 saturated heterocycles. The van der Waals surface area contributed by atoms with E-state index in [0.29, 0.717) is 6.04 Å². The monoisotopic (exact) mass is 275 g/mol. The van der Waals surface area contributed by atoms with Crippen LogP contribution in [0.25, 0.3) is 0 Å². The van der Waals surface area contributed by atoms with Gasteiger partial charge in [0.05, 0.1) is 6.10 Å². The zero-order valence-electron chi connectivity index (χ0n) is 13.4. The molecule has 0 spiro atoms. The molecule has 1 aliphatic heterocycles. The highest BCUT2D eigenvalue weighted by Crippen LogP contribution is 2.26. The van der Waals surface area contributed by atoms with E-state index in [1.165, 1.54) is 48.1 Å². The fourth-order valence-electron chi connectivity index (χ4n) is 3.59. The zero-order chi connectivity index (χ0) is 14.7. The van der Waals surface area contributed by atoms with Crippen molar-refractivity contribution in [2.24, 2.45) is 0 Å². The van der Waals surface area contributed by atoms with Crippen LogP contribution in [0.4, 0.5) is 0 Å². The molecule has 1 heterocycles. The molecule has 0 radical (unpaired) electrons. The lowest BCUT2D eigenvalue weighted by Gasteiger charge is -2.37. The molecular formula is C18H29NO. The first-order valence-electron chi connectivity index (χ1n) is 7.96. The molecule has 0 amide bonds. The van der Waals surface area contributed by atoms with Crippen molar-refractivity contribution in [2.45, 2.75) is 72.1 Å². The minimum Gasteiger partial charge on any atom is -0.393 e. The first-order valence-corrected chi connectivity index (χ1v) is 7.96. The Hall–Kier alpha value is -0.860. The second-order valence-electron chi connectivity index (χ2n) is 6.58. The average molecular weight is 275 g/mol. The maximum absolute atomic E-state index is 9.71. The van der Waals surface area contributed by atoms with Gasteiger partial charge in [-0.2, -0.15) is 0 Å². The third-order valence-corrected chi connectivity index (χ3v) is 4.56. The van der Waals surface area contributed by atoms with E-state index in [1.807, 2.05) is 6.92 Å². The van der Waals surface area contributed by atoms with E-state index in [2.05, 4.69) is 37.8 Å². The van der Waals surface area contributed by atoms with Gasteiger partial charge in [-0.15, -0.1) is 0 Å². The highest BCUT2D eigenvalue weighted by atomic mass is 16.3. The predicted molar refractivity (Wildman–Crippen MR) is 85.0 cm³/mol. The van der Waals surface area contributed by atoms with Crippen molar-refractivity contribution in [3.63, 3.8) is 0 Å². The minimum atomic E-state index is -0.194. The first-order chi connectivity index (χ1) is 9.47. The number of hydrogen-bond acceptors (Lipinski definition) is 2. The van der Waals surface area contributed by atoms with Gasteiger partial charge in [0.1, 0.15) is 0 Å². The summed E-state index contributed by atoms with van der Waals surface area (Å²) in [6.07, 6.45) is 4.54. The summed E-state index contributed by atoms with van der Waals surface area (Å²) in [5, 5.41) is 9.71. The van der Waals surface area contributed by atoms with Crippen LogP contribution in [0, 0.1) is 20.8 Å². The predicted octanol–water partition coefficient (Wildman–Crippen LogP) is 3.74. The second-order valence-corrected chi connectivity index (χ2v) is 6.58. The summed E-state index contributed by atoms with van der Waals surface area (Å²) < 4.78 is 0. The summed E-state index contributed by atoms with van der Waals surface area (Å²) in [7, 11) is 0. The smallest absolute Gasteiger partial charge is 0.0527 e. The molecule has 20 heavy (non-hydrogen) atoms. The molecule has 2 rings (SSSR count). The van der Waals surface area contributed by atoms with E-state index in [1.54, 1.807) is 0 Å². The first kappa shape index (κ1) is 15.5. The molecule has 2 unspecified atom stereocenters. The van der Waals surface area contributed by atoms with E-state index >= 15 is 0 Å². The number of piperidine rings is 1. The van der Waals surface area contributed by atoms with Gasteiger partial charge in [-0.3, -0.25) is 4.90 Å². The van der Waals surface area contributed by atoms with Crippen LogP contribution in [0.2, 0.25) is 0 Å². The van der Waals surface area contributed by atoms with Crippen LogP contribution in [0.3, 0.4) is 0 Å². The van der Waals surface area contributed by atoms with Gasteiger partial charge in [-0.1, -0.05) is 24.1 Å². The topological polar surface area (TPSA) is 23.5 Å². The Kier molecular flexibility index (Phi) is 5.22. The molecule has 112 valence electrons. The Morgan fingerprint density at radius 3 is 2.45 bits per heavy atom. The fourth-order valence-corrected chi connectivity index (χ4v) is 3.59. The maximum atomic E-state index is 9.71.